The zero-order chi connectivity index (χ0) is 18.7. The molecule has 0 N–H and O–H groups in total. The number of thioether (sulfide) groups is 1. The Bertz CT molecular complexity index is 996. The van der Waals surface area contributed by atoms with Crippen LogP contribution in [0.15, 0.2) is 58.5 Å². The lowest BCUT2D eigenvalue weighted by Gasteiger charge is -2.15. The number of esters is 1. The van der Waals surface area contributed by atoms with Crippen LogP contribution in [-0.2, 0) is 16.1 Å². The number of hydrogen-bond donors (Lipinski definition) is 0. The van der Waals surface area contributed by atoms with Gasteiger partial charge in [-0.3, -0.25) is 14.2 Å². The number of carbonyl (C=O) groups excluding carboxylic acids is 1. The Labute approximate surface area is 156 Å². The maximum atomic E-state index is 13.0. The summed E-state index contributed by atoms with van der Waals surface area (Å²) in [4.78, 5) is 29.5. The molecule has 0 aliphatic heterocycles. The number of carbonyl (C=O) groups is 1. The molecule has 134 valence electrons. The maximum absolute atomic E-state index is 13.0. The van der Waals surface area contributed by atoms with E-state index in [0.717, 1.165) is 11.1 Å². The number of rotatable bonds is 5. The van der Waals surface area contributed by atoms with E-state index in [2.05, 4.69) is 4.98 Å². The molecule has 0 unspecified atom stereocenters. The largest absolute Gasteiger partial charge is 0.468 e. The lowest BCUT2D eigenvalue weighted by Crippen LogP contribution is -2.25. The molecule has 26 heavy (non-hydrogen) atoms. The summed E-state index contributed by atoms with van der Waals surface area (Å²) in [5, 5.41) is 0.610. The standard InChI is InChI=1S/C20H20N2O3S/c1-13-8-10-15(11-9-13)12-22-18(23)16-6-4-5-7-17(16)21-20(22)26-14(2)19(24)25-3/h4-11,14H,12H2,1-3H3/t14-/m1/s1. The van der Waals surface area contributed by atoms with Gasteiger partial charge in [-0.2, -0.15) is 0 Å². The Hall–Kier alpha value is -2.60. The Balaban J connectivity index is 2.09. The molecule has 1 heterocycles. The number of hydrogen-bond acceptors (Lipinski definition) is 5. The molecule has 0 saturated heterocycles. The normalized spacial score (nSPS) is 12.1. The lowest BCUT2D eigenvalue weighted by atomic mass is 10.1. The van der Waals surface area contributed by atoms with Crippen LogP contribution in [0.1, 0.15) is 18.1 Å². The third-order valence-corrected chi connectivity index (χ3v) is 5.17. The second-order valence-electron chi connectivity index (χ2n) is 6.07. The summed E-state index contributed by atoms with van der Waals surface area (Å²) in [7, 11) is 1.35. The number of benzene rings is 2. The number of para-hydroxylation sites is 1. The maximum Gasteiger partial charge on any atom is 0.318 e. The Kier molecular flexibility index (Phi) is 5.42. The minimum atomic E-state index is -0.461. The Morgan fingerprint density at radius 3 is 2.58 bits per heavy atom. The van der Waals surface area contributed by atoms with E-state index in [1.165, 1.54) is 18.9 Å². The Morgan fingerprint density at radius 1 is 1.19 bits per heavy atom. The van der Waals surface area contributed by atoms with E-state index in [1.807, 2.05) is 43.3 Å². The van der Waals surface area contributed by atoms with Crippen molar-refractivity contribution < 1.29 is 9.53 Å². The van der Waals surface area contributed by atoms with Crippen molar-refractivity contribution in [1.82, 2.24) is 9.55 Å². The summed E-state index contributed by atoms with van der Waals surface area (Å²) in [6, 6.07) is 15.3. The van der Waals surface area contributed by atoms with E-state index in [0.29, 0.717) is 22.6 Å². The van der Waals surface area contributed by atoms with Crippen molar-refractivity contribution in [3.63, 3.8) is 0 Å². The van der Waals surface area contributed by atoms with Crippen LogP contribution in [0.4, 0.5) is 0 Å². The van der Waals surface area contributed by atoms with Crippen LogP contribution in [0.25, 0.3) is 10.9 Å². The summed E-state index contributed by atoms with van der Waals surface area (Å²) in [6.07, 6.45) is 0. The molecule has 1 atom stereocenters. The van der Waals surface area contributed by atoms with Gasteiger partial charge in [0, 0.05) is 0 Å². The molecule has 2 aromatic carbocycles. The molecule has 0 aliphatic carbocycles. The van der Waals surface area contributed by atoms with Crippen molar-refractivity contribution in [3.05, 3.63) is 70.0 Å². The molecule has 5 nitrogen and oxygen atoms in total. The number of fused-ring (bicyclic) bond motifs is 1. The van der Waals surface area contributed by atoms with Crippen molar-refractivity contribution in [2.75, 3.05) is 7.11 Å². The van der Waals surface area contributed by atoms with Gasteiger partial charge in [-0.25, -0.2) is 4.98 Å². The van der Waals surface area contributed by atoms with Gasteiger partial charge in [-0.1, -0.05) is 53.7 Å². The SMILES string of the molecule is COC(=O)[C@@H](C)Sc1nc2ccccc2c(=O)n1Cc1ccc(C)cc1. The molecule has 0 amide bonds. The summed E-state index contributed by atoms with van der Waals surface area (Å²) in [5.41, 5.74) is 2.67. The lowest BCUT2D eigenvalue weighted by molar-refractivity contribution is -0.139. The monoisotopic (exact) mass is 368 g/mol. The molecule has 0 aliphatic rings. The van der Waals surface area contributed by atoms with Gasteiger partial charge in [-0.15, -0.1) is 0 Å². The number of aryl methyl sites for hydroxylation is 1. The van der Waals surface area contributed by atoms with Crippen LogP contribution < -0.4 is 5.56 Å². The molecule has 0 radical (unpaired) electrons. The molecular formula is C20H20N2O3S. The molecule has 6 heteroatoms. The number of nitrogens with zero attached hydrogens (tertiary/aromatic N) is 2. The first kappa shape index (κ1) is 18.2. The van der Waals surface area contributed by atoms with Gasteiger partial charge in [0.25, 0.3) is 5.56 Å². The van der Waals surface area contributed by atoms with Gasteiger partial charge in [0.15, 0.2) is 5.16 Å². The van der Waals surface area contributed by atoms with Gasteiger partial charge in [0.05, 0.1) is 24.6 Å². The van der Waals surface area contributed by atoms with E-state index < -0.39 is 5.25 Å². The minimum absolute atomic E-state index is 0.115. The van der Waals surface area contributed by atoms with Crippen LogP contribution in [0.2, 0.25) is 0 Å². The van der Waals surface area contributed by atoms with Crippen LogP contribution >= 0.6 is 11.8 Å². The summed E-state index contributed by atoms with van der Waals surface area (Å²) in [5.74, 6) is -0.348. The zero-order valence-electron chi connectivity index (χ0n) is 14.9. The molecule has 0 bridgehead atoms. The average Bonchev–Trinajstić information content (AvgIpc) is 2.65. The quantitative estimate of drug-likeness (QED) is 0.392. The highest BCUT2D eigenvalue weighted by atomic mass is 32.2. The first-order valence-electron chi connectivity index (χ1n) is 8.29. The highest BCUT2D eigenvalue weighted by molar-refractivity contribution is 8.00. The molecular weight excluding hydrogens is 348 g/mol. The molecule has 3 rings (SSSR count). The van der Waals surface area contributed by atoms with Gasteiger partial charge in [0.2, 0.25) is 0 Å². The number of aromatic nitrogens is 2. The van der Waals surface area contributed by atoms with Crippen LogP contribution in [0, 0.1) is 6.92 Å². The highest BCUT2D eigenvalue weighted by Gasteiger charge is 2.20. The van der Waals surface area contributed by atoms with Crippen LogP contribution in [0.5, 0.6) is 0 Å². The predicted octanol–water partition coefficient (Wildman–Crippen LogP) is 3.41. The third kappa shape index (κ3) is 3.80. The van der Waals surface area contributed by atoms with Crippen molar-refractivity contribution in [3.8, 4) is 0 Å². The van der Waals surface area contributed by atoms with Gasteiger partial charge in [-0.05, 0) is 31.5 Å². The first-order valence-corrected chi connectivity index (χ1v) is 9.17. The average molecular weight is 368 g/mol. The minimum Gasteiger partial charge on any atom is -0.468 e. The predicted molar refractivity (Wildman–Crippen MR) is 104 cm³/mol. The van der Waals surface area contributed by atoms with E-state index in [4.69, 9.17) is 4.74 Å². The fourth-order valence-electron chi connectivity index (χ4n) is 2.63. The van der Waals surface area contributed by atoms with Crippen molar-refractivity contribution in [1.29, 1.82) is 0 Å². The smallest absolute Gasteiger partial charge is 0.318 e. The molecule has 1 aromatic heterocycles. The number of ether oxygens (including phenoxy) is 1. The van der Waals surface area contributed by atoms with Crippen LogP contribution in [0.3, 0.4) is 0 Å². The van der Waals surface area contributed by atoms with Crippen molar-refractivity contribution in [2.24, 2.45) is 0 Å². The Morgan fingerprint density at radius 2 is 1.88 bits per heavy atom. The first-order chi connectivity index (χ1) is 12.5. The fraction of sp³-hybridized carbons (Fsp3) is 0.250. The molecule has 0 spiro atoms. The topological polar surface area (TPSA) is 61.2 Å². The third-order valence-electron chi connectivity index (χ3n) is 4.10. The summed E-state index contributed by atoms with van der Waals surface area (Å²) in [6.45, 7) is 4.16. The molecule has 0 saturated carbocycles. The number of methoxy groups -OCH3 is 1. The fourth-order valence-corrected chi connectivity index (χ4v) is 3.56. The van der Waals surface area contributed by atoms with E-state index >= 15 is 0 Å². The van der Waals surface area contributed by atoms with E-state index in [-0.39, 0.29) is 11.5 Å². The van der Waals surface area contributed by atoms with Gasteiger partial charge < -0.3 is 4.74 Å². The summed E-state index contributed by atoms with van der Waals surface area (Å²) >= 11 is 1.23. The van der Waals surface area contributed by atoms with Crippen LogP contribution in [-0.4, -0.2) is 27.9 Å². The van der Waals surface area contributed by atoms with E-state index in [9.17, 15) is 9.59 Å². The van der Waals surface area contributed by atoms with Gasteiger partial charge >= 0.3 is 5.97 Å². The van der Waals surface area contributed by atoms with Gasteiger partial charge in [0.1, 0.15) is 5.25 Å². The van der Waals surface area contributed by atoms with Crippen molar-refractivity contribution in [2.45, 2.75) is 30.8 Å². The summed E-state index contributed by atoms with van der Waals surface area (Å²) < 4.78 is 6.42. The second-order valence-corrected chi connectivity index (χ2v) is 7.38. The molecule has 0 fully saturated rings. The van der Waals surface area contributed by atoms with Crippen molar-refractivity contribution >= 4 is 28.6 Å². The zero-order valence-corrected chi connectivity index (χ0v) is 15.7. The van der Waals surface area contributed by atoms with E-state index in [1.54, 1.807) is 23.6 Å². The highest BCUT2D eigenvalue weighted by Crippen LogP contribution is 2.24. The molecule has 3 aromatic rings. The second kappa shape index (κ2) is 7.74.